The average molecular weight is 450 g/mol. The summed E-state index contributed by atoms with van der Waals surface area (Å²) in [4.78, 5) is 32.6. The fourth-order valence-corrected chi connectivity index (χ4v) is 4.30. The Morgan fingerprint density at radius 1 is 1.21 bits per heavy atom. The first-order chi connectivity index (χ1) is 16.0. The highest BCUT2D eigenvalue weighted by molar-refractivity contribution is 5.89. The normalized spacial score (nSPS) is 17.2. The number of amides is 2. The topological polar surface area (TPSA) is 100 Å². The van der Waals surface area contributed by atoms with E-state index in [0.717, 1.165) is 30.5 Å². The van der Waals surface area contributed by atoms with Crippen LogP contribution in [0.2, 0.25) is 0 Å². The maximum absolute atomic E-state index is 13.3. The van der Waals surface area contributed by atoms with Crippen LogP contribution >= 0.6 is 0 Å². The number of pyridine rings is 1. The molecule has 1 aliphatic heterocycles. The molecule has 1 fully saturated rings. The Morgan fingerprint density at radius 2 is 1.97 bits per heavy atom. The molecule has 0 saturated carbocycles. The Balaban J connectivity index is 1.64. The summed E-state index contributed by atoms with van der Waals surface area (Å²) in [5.41, 5.74) is 7.45. The summed E-state index contributed by atoms with van der Waals surface area (Å²) in [6, 6.07) is 15.1. The molecule has 3 atom stereocenters. The molecule has 0 radical (unpaired) electrons. The van der Waals surface area contributed by atoms with E-state index in [1.807, 2.05) is 55.5 Å². The van der Waals surface area contributed by atoms with Crippen LogP contribution in [0.15, 0.2) is 67.1 Å². The second kappa shape index (κ2) is 12.0. The summed E-state index contributed by atoms with van der Waals surface area (Å²) in [5, 5.41) is 6.19. The van der Waals surface area contributed by atoms with Gasteiger partial charge in [-0.05, 0) is 43.4 Å². The largest absolute Gasteiger partial charge is 0.386 e. The Labute approximate surface area is 196 Å². The Kier molecular flexibility index (Phi) is 8.87. The molecule has 0 aliphatic carbocycles. The fourth-order valence-electron chi connectivity index (χ4n) is 4.30. The quantitative estimate of drug-likeness (QED) is 0.458. The van der Waals surface area contributed by atoms with Crippen molar-refractivity contribution in [3.05, 3.63) is 78.4 Å². The first-order valence-electron chi connectivity index (χ1n) is 11.7. The minimum atomic E-state index is -0.433. The Hall–Kier alpha value is -3.35. The number of likely N-dealkylation sites (tertiary alicyclic amines) is 1. The standard InChI is InChI=1S/C26H35N5O2/c1-19(10-8-16-28-20(2)27)26(33)31-17-9-14-24(31)25(32)30-23(21-11-4-3-5-12-21)18-22-13-6-7-15-29-22/h3-7,11-13,15,19,23-24,28H,2,8-10,14,16-18,27H2,1H3,(H,30,32)/t19-,23-,24-/m0/s1. The monoisotopic (exact) mass is 449 g/mol. The number of benzene rings is 1. The van der Waals surface area contributed by atoms with Crippen molar-refractivity contribution < 1.29 is 9.59 Å². The van der Waals surface area contributed by atoms with Crippen LogP contribution in [0.25, 0.3) is 0 Å². The van der Waals surface area contributed by atoms with Gasteiger partial charge in [0.25, 0.3) is 0 Å². The predicted molar refractivity (Wildman–Crippen MR) is 130 cm³/mol. The van der Waals surface area contributed by atoms with Crippen molar-refractivity contribution in [2.24, 2.45) is 11.7 Å². The van der Waals surface area contributed by atoms with Crippen molar-refractivity contribution in [2.45, 2.75) is 51.1 Å². The third-order valence-corrected chi connectivity index (χ3v) is 6.08. The molecule has 0 spiro atoms. The van der Waals surface area contributed by atoms with Crippen LogP contribution in [0.5, 0.6) is 0 Å². The number of hydrogen-bond donors (Lipinski definition) is 3. The van der Waals surface area contributed by atoms with Crippen LogP contribution in [0.4, 0.5) is 0 Å². The second-order valence-corrected chi connectivity index (χ2v) is 8.68. The molecule has 1 aromatic heterocycles. The zero-order chi connectivity index (χ0) is 23.6. The summed E-state index contributed by atoms with van der Waals surface area (Å²) in [5.74, 6) is 0.229. The lowest BCUT2D eigenvalue weighted by Gasteiger charge is -2.29. The summed E-state index contributed by atoms with van der Waals surface area (Å²) in [6.07, 6.45) is 5.42. The number of hydrogen-bond acceptors (Lipinski definition) is 5. The van der Waals surface area contributed by atoms with Crippen LogP contribution in [0.3, 0.4) is 0 Å². The number of rotatable bonds is 11. The molecule has 0 unspecified atom stereocenters. The maximum Gasteiger partial charge on any atom is 0.243 e. The molecular weight excluding hydrogens is 414 g/mol. The van der Waals surface area contributed by atoms with Crippen molar-refractivity contribution >= 4 is 11.8 Å². The van der Waals surface area contributed by atoms with E-state index in [0.29, 0.717) is 31.8 Å². The molecule has 7 heteroatoms. The molecule has 3 rings (SSSR count). The molecule has 0 bridgehead atoms. The van der Waals surface area contributed by atoms with Gasteiger partial charge in [0.15, 0.2) is 0 Å². The van der Waals surface area contributed by atoms with E-state index in [9.17, 15) is 9.59 Å². The van der Waals surface area contributed by atoms with E-state index in [2.05, 4.69) is 22.2 Å². The highest BCUT2D eigenvalue weighted by Gasteiger charge is 2.36. The predicted octanol–water partition coefficient (Wildman–Crippen LogP) is 2.91. The molecule has 2 amide bonds. The first kappa shape index (κ1) is 24.3. The van der Waals surface area contributed by atoms with Crippen LogP contribution in [-0.2, 0) is 16.0 Å². The molecule has 2 aromatic rings. The third-order valence-electron chi connectivity index (χ3n) is 6.08. The Bertz CT molecular complexity index is 919. The smallest absolute Gasteiger partial charge is 0.243 e. The zero-order valence-corrected chi connectivity index (χ0v) is 19.4. The highest BCUT2D eigenvalue weighted by Crippen LogP contribution is 2.24. The number of aromatic nitrogens is 1. The van der Waals surface area contributed by atoms with Gasteiger partial charge in [-0.2, -0.15) is 0 Å². The Morgan fingerprint density at radius 3 is 2.67 bits per heavy atom. The molecule has 4 N–H and O–H groups in total. The van der Waals surface area contributed by atoms with Gasteiger partial charge in [-0.15, -0.1) is 0 Å². The molecule has 2 heterocycles. The lowest BCUT2D eigenvalue weighted by Crippen LogP contribution is -2.48. The van der Waals surface area contributed by atoms with Crippen molar-refractivity contribution in [1.29, 1.82) is 0 Å². The number of carbonyl (C=O) groups excluding carboxylic acids is 2. The van der Waals surface area contributed by atoms with Gasteiger partial charge in [0.1, 0.15) is 6.04 Å². The van der Waals surface area contributed by atoms with Crippen molar-refractivity contribution in [1.82, 2.24) is 20.5 Å². The summed E-state index contributed by atoms with van der Waals surface area (Å²) in [6.45, 7) is 6.85. The van der Waals surface area contributed by atoms with Gasteiger partial charge in [-0.1, -0.05) is 49.9 Å². The lowest BCUT2D eigenvalue weighted by molar-refractivity contribution is -0.141. The number of carbonyl (C=O) groups is 2. The van der Waals surface area contributed by atoms with Crippen LogP contribution < -0.4 is 16.4 Å². The molecule has 33 heavy (non-hydrogen) atoms. The second-order valence-electron chi connectivity index (χ2n) is 8.68. The van der Waals surface area contributed by atoms with Gasteiger partial charge < -0.3 is 21.3 Å². The highest BCUT2D eigenvalue weighted by atomic mass is 16.2. The zero-order valence-electron chi connectivity index (χ0n) is 19.4. The van der Waals surface area contributed by atoms with Crippen LogP contribution in [0, 0.1) is 5.92 Å². The van der Waals surface area contributed by atoms with E-state index < -0.39 is 6.04 Å². The number of nitrogens with one attached hydrogen (secondary N) is 2. The van der Waals surface area contributed by atoms with E-state index in [4.69, 9.17) is 5.73 Å². The average Bonchev–Trinajstić information content (AvgIpc) is 3.32. The van der Waals surface area contributed by atoms with Crippen molar-refractivity contribution in [3.8, 4) is 0 Å². The SMILES string of the molecule is C=C(N)NCCC[C@H](C)C(=O)N1CCC[C@H]1C(=O)N[C@@H](Cc1ccccn1)c1ccccc1. The molecule has 7 nitrogen and oxygen atoms in total. The maximum atomic E-state index is 13.3. The number of nitrogens with zero attached hydrogens (tertiary/aromatic N) is 2. The van der Waals surface area contributed by atoms with Gasteiger partial charge in [-0.25, -0.2) is 0 Å². The minimum Gasteiger partial charge on any atom is -0.386 e. The van der Waals surface area contributed by atoms with Gasteiger partial charge >= 0.3 is 0 Å². The molecular formula is C26H35N5O2. The van der Waals surface area contributed by atoms with Crippen molar-refractivity contribution in [3.63, 3.8) is 0 Å². The minimum absolute atomic E-state index is 0.0419. The fraction of sp³-hybridized carbons (Fsp3) is 0.423. The lowest BCUT2D eigenvalue weighted by atomic mass is 10.0. The van der Waals surface area contributed by atoms with Gasteiger partial charge in [-0.3, -0.25) is 14.6 Å². The van der Waals surface area contributed by atoms with E-state index in [1.54, 1.807) is 11.1 Å². The van der Waals surface area contributed by atoms with Gasteiger partial charge in [0.2, 0.25) is 11.8 Å². The summed E-state index contributed by atoms with van der Waals surface area (Å²) in [7, 11) is 0. The molecule has 1 saturated heterocycles. The van der Waals surface area contributed by atoms with E-state index >= 15 is 0 Å². The van der Waals surface area contributed by atoms with E-state index in [1.165, 1.54) is 0 Å². The summed E-state index contributed by atoms with van der Waals surface area (Å²) < 4.78 is 0. The van der Waals surface area contributed by atoms with E-state index in [-0.39, 0.29) is 23.8 Å². The molecule has 176 valence electrons. The molecule has 1 aliphatic rings. The molecule has 1 aromatic carbocycles. The van der Waals surface area contributed by atoms with Crippen LogP contribution in [0.1, 0.15) is 49.9 Å². The number of nitrogens with two attached hydrogens (primary N) is 1. The first-order valence-corrected chi connectivity index (χ1v) is 11.7. The van der Waals surface area contributed by atoms with Gasteiger partial charge in [0, 0.05) is 37.3 Å². The van der Waals surface area contributed by atoms with Crippen molar-refractivity contribution in [2.75, 3.05) is 13.1 Å². The summed E-state index contributed by atoms with van der Waals surface area (Å²) >= 11 is 0. The van der Waals surface area contributed by atoms with Crippen LogP contribution in [-0.4, -0.2) is 40.8 Å². The third kappa shape index (κ3) is 7.07. The van der Waals surface area contributed by atoms with Gasteiger partial charge in [0.05, 0.1) is 11.9 Å².